The fraction of sp³-hybridized carbons (Fsp3) is 0.438. The van der Waals surface area contributed by atoms with Gasteiger partial charge in [0.05, 0.1) is 20.3 Å². The molecule has 110 valence electrons. The van der Waals surface area contributed by atoms with Gasteiger partial charge in [0, 0.05) is 6.54 Å². The minimum absolute atomic E-state index is 0.108. The van der Waals surface area contributed by atoms with E-state index in [2.05, 4.69) is 29.9 Å². The Labute approximate surface area is 121 Å². The van der Waals surface area contributed by atoms with Crippen molar-refractivity contribution in [3.8, 4) is 11.5 Å². The van der Waals surface area contributed by atoms with Crippen LogP contribution in [-0.4, -0.2) is 26.6 Å². The zero-order chi connectivity index (χ0) is 15.1. The molecular formula is C16H24N2O2. The van der Waals surface area contributed by atoms with Gasteiger partial charge in [0.1, 0.15) is 5.84 Å². The molecule has 0 aromatic heterocycles. The minimum Gasteiger partial charge on any atom is -0.493 e. The maximum atomic E-state index is 5.38. The number of amidine groups is 1. The molecule has 0 fully saturated rings. The van der Waals surface area contributed by atoms with Gasteiger partial charge in [-0.3, -0.25) is 4.99 Å². The highest BCUT2D eigenvalue weighted by Gasteiger charge is 2.13. The van der Waals surface area contributed by atoms with E-state index in [1.54, 1.807) is 20.3 Å². The predicted molar refractivity (Wildman–Crippen MR) is 84.0 cm³/mol. The van der Waals surface area contributed by atoms with Gasteiger partial charge in [0.2, 0.25) is 0 Å². The number of rotatable bonds is 6. The fourth-order valence-corrected chi connectivity index (χ4v) is 2.08. The van der Waals surface area contributed by atoms with Crippen LogP contribution < -0.4 is 14.8 Å². The molecule has 1 aromatic carbocycles. The number of aryl methyl sites for hydroxylation is 1. The summed E-state index contributed by atoms with van der Waals surface area (Å²) in [5.41, 5.74) is 2.16. The molecule has 0 saturated carbocycles. The normalized spacial score (nSPS) is 12.8. The number of nitrogens with one attached hydrogen (secondary N) is 1. The molecule has 0 bridgehead atoms. The molecule has 1 rings (SSSR count). The second-order valence-corrected chi connectivity index (χ2v) is 4.50. The second kappa shape index (κ2) is 7.58. The molecule has 4 heteroatoms. The van der Waals surface area contributed by atoms with Gasteiger partial charge in [-0.1, -0.05) is 12.6 Å². The standard InChI is InChI=1S/C16H24N2O2/c1-7-15(17-8-2)18-12(4)13-9-11(3)16(20-6)14(10-13)19-5/h7,9-10,12H,1,8H2,2-6H3,(H,17,18). The Kier molecular flexibility index (Phi) is 6.10. The molecule has 0 aliphatic carbocycles. The fourth-order valence-electron chi connectivity index (χ4n) is 2.08. The lowest BCUT2D eigenvalue weighted by Gasteiger charge is -2.19. The monoisotopic (exact) mass is 276 g/mol. The average Bonchev–Trinajstić information content (AvgIpc) is 2.45. The zero-order valence-electron chi connectivity index (χ0n) is 13.0. The van der Waals surface area contributed by atoms with E-state index in [1.165, 1.54) is 0 Å². The molecule has 1 unspecified atom stereocenters. The average molecular weight is 276 g/mol. The number of ether oxygens (including phenoxy) is 2. The van der Waals surface area contributed by atoms with Crippen LogP contribution in [0.2, 0.25) is 0 Å². The molecule has 1 aromatic rings. The van der Waals surface area contributed by atoms with Gasteiger partial charge in [0.25, 0.3) is 0 Å². The summed E-state index contributed by atoms with van der Waals surface area (Å²) < 4.78 is 10.7. The van der Waals surface area contributed by atoms with Crippen LogP contribution in [0.25, 0.3) is 0 Å². The molecular weight excluding hydrogens is 252 g/mol. The first-order valence-electron chi connectivity index (χ1n) is 6.73. The molecule has 0 saturated heterocycles. The summed E-state index contributed by atoms with van der Waals surface area (Å²) in [6, 6.07) is 4.18. The lowest BCUT2D eigenvalue weighted by atomic mass is 10.0. The van der Waals surface area contributed by atoms with Crippen LogP contribution in [0.15, 0.2) is 29.8 Å². The summed E-state index contributed by atoms with van der Waals surface area (Å²) in [5.74, 6) is 2.31. The summed E-state index contributed by atoms with van der Waals surface area (Å²) in [7, 11) is 3.29. The quantitative estimate of drug-likeness (QED) is 0.640. The van der Waals surface area contributed by atoms with Gasteiger partial charge in [0.15, 0.2) is 11.5 Å². The summed E-state index contributed by atoms with van der Waals surface area (Å²) in [6.45, 7) is 10.6. The maximum absolute atomic E-state index is 5.38. The first-order chi connectivity index (χ1) is 9.57. The van der Waals surface area contributed by atoms with Gasteiger partial charge in [-0.05, 0) is 44.0 Å². The molecule has 0 heterocycles. The van der Waals surface area contributed by atoms with Gasteiger partial charge in [-0.25, -0.2) is 0 Å². The smallest absolute Gasteiger partial charge is 0.163 e. The lowest BCUT2D eigenvalue weighted by molar-refractivity contribution is 0.352. The molecule has 1 atom stereocenters. The van der Waals surface area contributed by atoms with E-state index in [4.69, 9.17) is 9.47 Å². The predicted octanol–water partition coefficient (Wildman–Crippen LogP) is 3.27. The molecule has 0 aliphatic heterocycles. The summed E-state index contributed by atoms with van der Waals surface area (Å²) in [5, 5.41) is 3.34. The zero-order valence-corrected chi connectivity index (χ0v) is 13.0. The first kappa shape index (κ1) is 16.1. The number of benzene rings is 1. The van der Waals surface area contributed by atoms with E-state index in [0.29, 0.717) is 0 Å². The molecule has 20 heavy (non-hydrogen) atoms. The molecule has 0 radical (unpaired) electrons. The Morgan fingerprint density at radius 3 is 2.60 bits per heavy atom. The van der Waals surface area contributed by atoms with Crippen LogP contribution in [0.4, 0.5) is 0 Å². The van der Waals surface area contributed by atoms with E-state index in [0.717, 1.165) is 35.0 Å². The van der Waals surface area contributed by atoms with Crippen molar-refractivity contribution >= 4 is 5.84 Å². The van der Waals surface area contributed by atoms with E-state index in [-0.39, 0.29) is 6.04 Å². The third-order valence-corrected chi connectivity index (χ3v) is 3.07. The molecule has 0 aliphatic rings. The van der Waals surface area contributed by atoms with Crippen molar-refractivity contribution in [2.75, 3.05) is 20.8 Å². The number of hydrogen-bond donors (Lipinski definition) is 1. The number of aliphatic imine (C=N–C) groups is 1. The van der Waals surface area contributed by atoms with Gasteiger partial charge in [-0.2, -0.15) is 0 Å². The summed E-state index contributed by atoms with van der Waals surface area (Å²) in [4.78, 5) is 4.34. The highest BCUT2D eigenvalue weighted by molar-refractivity contribution is 5.92. The number of hydrogen-bond acceptors (Lipinski definition) is 3. The Morgan fingerprint density at radius 2 is 2.10 bits per heavy atom. The van der Waals surface area contributed by atoms with Crippen LogP contribution >= 0.6 is 0 Å². The lowest BCUT2D eigenvalue weighted by Crippen LogP contribution is -2.25. The van der Waals surface area contributed by atoms with Crippen LogP contribution in [0.3, 0.4) is 0 Å². The topological polar surface area (TPSA) is 42.9 Å². The van der Waals surface area contributed by atoms with Crippen molar-refractivity contribution in [3.05, 3.63) is 35.9 Å². The molecule has 0 spiro atoms. The van der Waals surface area contributed by atoms with Crippen molar-refractivity contribution in [2.24, 2.45) is 4.99 Å². The van der Waals surface area contributed by atoms with Crippen molar-refractivity contribution < 1.29 is 9.47 Å². The third kappa shape index (κ3) is 3.76. The van der Waals surface area contributed by atoms with Crippen LogP contribution in [0, 0.1) is 6.92 Å². The van der Waals surface area contributed by atoms with Gasteiger partial charge in [-0.15, -0.1) is 0 Å². The molecule has 1 N–H and O–H groups in total. The van der Waals surface area contributed by atoms with Crippen LogP contribution in [0.1, 0.15) is 31.0 Å². The van der Waals surface area contributed by atoms with Gasteiger partial charge < -0.3 is 14.8 Å². The van der Waals surface area contributed by atoms with Crippen molar-refractivity contribution in [3.63, 3.8) is 0 Å². The highest BCUT2D eigenvalue weighted by atomic mass is 16.5. The first-order valence-corrected chi connectivity index (χ1v) is 6.73. The Balaban J connectivity index is 3.04. The largest absolute Gasteiger partial charge is 0.493 e. The molecule has 4 nitrogen and oxygen atoms in total. The third-order valence-electron chi connectivity index (χ3n) is 3.07. The van der Waals surface area contributed by atoms with Crippen LogP contribution in [0.5, 0.6) is 11.5 Å². The van der Waals surface area contributed by atoms with Gasteiger partial charge >= 0.3 is 0 Å². The Morgan fingerprint density at radius 1 is 1.40 bits per heavy atom. The van der Waals surface area contributed by atoms with Crippen molar-refractivity contribution in [1.82, 2.24) is 5.32 Å². The molecule has 0 amide bonds. The number of methoxy groups -OCH3 is 2. The van der Waals surface area contributed by atoms with E-state index in [9.17, 15) is 0 Å². The summed E-state index contributed by atoms with van der Waals surface area (Å²) in [6.07, 6.45) is 1.73. The second-order valence-electron chi connectivity index (χ2n) is 4.50. The highest BCUT2D eigenvalue weighted by Crippen LogP contribution is 2.33. The minimum atomic E-state index is 0.108. The van der Waals surface area contributed by atoms with E-state index in [1.807, 2.05) is 19.9 Å². The SMILES string of the molecule is C=CC(=NCC)NC(C)c1cc(C)c(OC)c(OC)c1. The van der Waals surface area contributed by atoms with Crippen molar-refractivity contribution in [2.45, 2.75) is 26.8 Å². The van der Waals surface area contributed by atoms with E-state index < -0.39 is 0 Å². The van der Waals surface area contributed by atoms with E-state index >= 15 is 0 Å². The number of nitrogens with zero attached hydrogens (tertiary/aromatic N) is 1. The van der Waals surface area contributed by atoms with Crippen LogP contribution in [-0.2, 0) is 0 Å². The summed E-state index contributed by atoms with van der Waals surface area (Å²) >= 11 is 0. The maximum Gasteiger partial charge on any atom is 0.163 e. The van der Waals surface area contributed by atoms with Crippen molar-refractivity contribution in [1.29, 1.82) is 0 Å². The Hall–Kier alpha value is -1.97. The Bertz CT molecular complexity index is 495.